The zero-order valence-electron chi connectivity index (χ0n) is 11.3. The first-order chi connectivity index (χ1) is 9.30. The molecule has 5 nitrogen and oxygen atoms in total. The van der Waals surface area contributed by atoms with Gasteiger partial charge in [-0.15, -0.1) is 10.2 Å². The molecule has 1 aromatic carbocycles. The SMILES string of the molecule is CCc1ccc(-c2nnc(CO)n2CCOC)cc1. The number of aromatic nitrogens is 3. The molecule has 0 spiro atoms. The molecule has 0 radical (unpaired) electrons. The summed E-state index contributed by atoms with van der Waals surface area (Å²) in [6, 6.07) is 8.24. The van der Waals surface area contributed by atoms with Crippen LogP contribution in [0.5, 0.6) is 0 Å². The molecule has 0 aliphatic rings. The van der Waals surface area contributed by atoms with Crippen LogP contribution in [0.2, 0.25) is 0 Å². The van der Waals surface area contributed by atoms with E-state index >= 15 is 0 Å². The Morgan fingerprint density at radius 1 is 1.21 bits per heavy atom. The number of aryl methyl sites for hydroxylation is 1. The van der Waals surface area contributed by atoms with Crippen LogP contribution >= 0.6 is 0 Å². The van der Waals surface area contributed by atoms with Gasteiger partial charge in [0.25, 0.3) is 0 Å². The fraction of sp³-hybridized carbons (Fsp3) is 0.429. The second-order valence-corrected chi connectivity index (χ2v) is 4.29. The van der Waals surface area contributed by atoms with Crippen LogP contribution in [-0.4, -0.2) is 33.6 Å². The van der Waals surface area contributed by atoms with Crippen molar-refractivity contribution in [3.63, 3.8) is 0 Å². The van der Waals surface area contributed by atoms with Crippen molar-refractivity contribution in [3.8, 4) is 11.4 Å². The van der Waals surface area contributed by atoms with E-state index in [4.69, 9.17) is 4.74 Å². The minimum atomic E-state index is -0.121. The molecule has 0 saturated carbocycles. The van der Waals surface area contributed by atoms with Gasteiger partial charge in [0.15, 0.2) is 11.6 Å². The summed E-state index contributed by atoms with van der Waals surface area (Å²) in [4.78, 5) is 0. The molecule has 19 heavy (non-hydrogen) atoms. The van der Waals surface area contributed by atoms with E-state index in [1.165, 1.54) is 5.56 Å². The van der Waals surface area contributed by atoms with Gasteiger partial charge in [-0.3, -0.25) is 0 Å². The van der Waals surface area contributed by atoms with Gasteiger partial charge in [-0.1, -0.05) is 31.2 Å². The number of aliphatic hydroxyl groups excluding tert-OH is 1. The zero-order chi connectivity index (χ0) is 13.7. The van der Waals surface area contributed by atoms with E-state index in [-0.39, 0.29) is 6.61 Å². The van der Waals surface area contributed by atoms with Crippen LogP contribution in [0, 0.1) is 0 Å². The number of methoxy groups -OCH3 is 1. The molecular formula is C14H19N3O2. The predicted octanol–water partition coefficient (Wildman–Crippen LogP) is 1.65. The lowest BCUT2D eigenvalue weighted by atomic mass is 10.1. The third-order valence-corrected chi connectivity index (χ3v) is 3.11. The summed E-state index contributed by atoms with van der Waals surface area (Å²) in [5.41, 5.74) is 2.29. The lowest BCUT2D eigenvalue weighted by Gasteiger charge is -2.09. The van der Waals surface area contributed by atoms with Crippen LogP contribution in [0.4, 0.5) is 0 Å². The van der Waals surface area contributed by atoms with Crippen LogP contribution in [-0.2, 0) is 24.3 Å². The summed E-state index contributed by atoms with van der Waals surface area (Å²) in [7, 11) is 1.65. The summed E-state index contributed by atoms with van der Waals surface area (Å²) in [6.07, 6.45) is 1.01. The van der Waals surface area contributed by atoms with Crippen molar-refractivity contribution in [3.05, 3.63) is 35.7 Å². The minimum absolute atomic E-state index is 0.121. The van der Waals surface area contributed by atoms with Gasteiger partial charge in [0.05, 0.1) is 6.61 Å². The van der Waals surface area contributed by atoms with Crippen molar-refractivity contribution < 1.29 is 9.84 Å². The van der Waals surface area contributed by atoms with Crippen LogP contribution in [0.15, 0.2) is 24.3 Å². The molecular weight excluding hydrogens is 242 g/mol. The maximum atomic E-state index is 9.30. The molecule has 5 heteroatoms. The van der Waals surface area contributed by atoms with Crippen LogP contribution in [0.25, 0.3) is 11.4 Å². The van der Waals surface area contributed by atoms with E-state index in [1.54, 1.807) is 7.11 Å². The standard InChI is InChI=1S/C14H19N3O2/c1-3-11-4-6-12(7-5-11)14-16-15-13(10-18)17(14)8-9-19-2/h4-7,18H,3,8-10H2,1-2H3. The smallest absolute Gasteiger partial charge is 0.164 e. The largest absolute Gasteiger partial charge is 0.388 e. The first-order valence-corrected chi connectivity index (χ1v) is 6.41. The fourth-order valence-electron chi connectivity index (χ4n) is 1.97. The van der Waals surface area contributed by atoms with E-state index < -0.39 is 0 Å². The number of rotatable bonds is 6. The Labute approximate surface area is 112 Å². The van der Waals surface area contributed by atoms with Crippen molar-refractivity contribution in [2.24, 2.45) is 0 Å². The van der Waals surface area contributed by atoms with Gasteiger partial charge in [-0.05, 0) is 12.0 Å². The molecule has 1 aromatic heterocycles. The van der Waals surface area contributed by atoms with Crippen LogP contribution < -0.4 is 0 Å². The summed E-state index contributed by atoms with van der Waals surface area (Å²) in [5.74, 6) is 1.33. The highest BCUT2D eigenvalue weighted by Crippen LogP contribution is 2.19. The number of ether oxygens (including phenoxy) is 1. The Bertz CT molecular complexity index is 520. The Kier molecular flexibility index (Phi) is 4.65. The highest BCUT2D eigenvalue weighted by molar-refractivity contribution is 5.55. The van der Waals surface area contributed by atoms with Gasteiger partial charge >= 0.3 is 0 Å². The molecule has 0 aliphatic heterocycles. The minimum Gasteiger partial charge on any atom is -0.388 e. The first-order valence-electron chi connectivity index (χ1n) is 6.41. The lowest BCUT2D eigenvalue weighted by Crippen LogP contribution is -2.10. The molecule has 0 bridgehead atoms. The number of hydrogen-bond acceptors (Lipinski definition) is 4. The highest BCUT2D eigenvalue weighted by atomic mass is 16.5. The highest BCUT2D eigenvalue weighted by Gasteiger charge is 2.12. The molecule has 0 atom stereocenters. The molecule has 0 saturated heterocycles. The van der Waals surface area contributed by atoms with E-state index in [9.17, 15) is 5.11 Å². The quantitative estimate of drug-likeness (QED) is 0.859. The van der Waals surface area contributed by atoms with Crippen molar-refractivity contribution in [1.29, 1.82) is 0 Å². The van der Waals surface area contributed by atoms with Gasteiger partial charge in [0, 0.05) is 19.2 Å². The van der Waals surface area contributed by atoms with Gasteiger partial charge in [-0.2, -0.15) is 0 Å². The number of benzene rings is 1. The monoisotopic (exact) mass is 261 g/mol. The van der Waals surface area contributed by atoms with Gasteiger partial charge < -0.3 is 14.4 Å². The van der Waals surface area contributed by atoms with E-state index in [1.807, 2.05) is 16.7 Å². The van der Waals surface area contributed by atoms with Gasteiger partial charge in [0.1, 0.15) is 6.61 Å². The maximum absolute atomic E-state index is 9.30. The summed E-state index contributed by atoms with van der Waals surface area (Å²) in [6.45, 7) is 3.19. The third-order valence-electron chi connectivity index (χ3n) is 3.11. The second kappa shape index (κ2) is 6.45. The molecule has 0 unspecified atom stereocenters. The van der Waals surface area contributed by atoms with Crippen molar-refractivity contribution >= 4 is 0 Å². The van der Waals surface area contributed by atoms with Crippen molar-refractivity contribution in [2.75, 3.05) is 13.7 Å². The van der Waals surface area contributed by atoms with Crippen LogP contribution in [0.1, 0.15) is 18.3 Å². The van der Waals surface area contributed by atoms with E-state index in [2.05, 4.69) is 29.3 Å². The molecule has 1 N–H and O–H groups in total. The van der Waals surface area contributed by atoms with Crippen molar-refractivity contribution in [2.45, 2.75) is 26.5 Å². The topological polar surface area (TPSA) is 60.2 Å². The van der Waals surface area contributed by atoms with Crippen molar-refractivity contribution in [1.82, 2.24) is 14.8 Å². The van der Waals surface area contributed by atoms with E-state index in [0.29, 0.717) is 19.0 Å². The third kappa shape index (κ3) is 3.00. The van der Waals surface area contributed by atoms with Gasteiger partial charge in [0.2, 0.25) is 0 Å². The first kappa shape index (κ1) is 13.7. The van der Waals surface area contributed by atoms with Crippen LogP contribution in [0.3, 0.4) is 0 Å². The molecule has 2 aromatic rings. The summed E-state index contributed by atoms with van der Waals surface area (Å²) < 4.78 is 6.98. The Morgan fingerprint density at radius 2 is 1.95 bits per heavy atom. The molecule has 1 heterocycles. The number of nitrogens with zero attached hydrogens (tertiary/aromatic N) is 3. The molecule has 2 rings (SSSR count). The predicted molar refractivity (Wildman–Crippen MR) is 72.6 cm³/mol. The number of hydrogen-bond donors (Lipinski definition) is 1. The Hall–Kier alpha value is -1.72. The maximum Gasteiger partial charge on any atom is 0.164 e. The van der Waals surface area contributed by atoms with E-state index in [0.717, 1.165) is 17.8 Å². The average molecular weight is 261 g/mol. The Balaban J connectivity index is 2.34. The van der Waals surface area contributed by atoms with Gasteiger partial charge in [-0.25, -0.2) is 0 Å². The Morgan fingerprint density at radius 3 is 2.53 bits per heavy atom. The summed E-state index contributed by atoms with van der Waals surface area (Å²) >= 11 is 0. The average Bonchev–Trinajstić information content (AvgIpc) is 2.88. The molecule has 102 valence electrons. The number of aliphatic hydroxyl groups is 1. The lowest BCUT2D eigenvalue weighted by molar-refractivity contribution is 0.183. The normalized spacial score (nSPS) is 10.9. The second-order valence-electron chi connectivity index (χ2n) is 4.29. The zero-order valence-corrected chi connectivity index (χ0v) is 11.3. The molecule has 0 amide bonds. The molecule has 0 aliphatic carbocycles. The fourth-order valence-corrected chi connectivity index (χ4v) is 1.97. The molecule has 0 fully saturated rings. The summed E-state index contributed by atoms with van der Waals surface area (Å²) in [5, 5.41) is 17.5.